The number of aliphatic imine (C=N–C) groups is 1. The molecule has 0 aliphatic carbocycles. The summed E-state index contributed by atoms with van der Waals surface area (Å²) in [5.41, 5.74) is 5.75. The smallest absolute Gasteiger partial charge is 0.326 e. The monoisotopic (exact) mass is 568 g/mol. The molecule has 1 aliphatic heterocycles. The van der Waals surface area contributed by atoms with Crippen LogP contribution in [-0.4, -0.2) is 52.0 Å². The highest BCUT2D eigenvalue weighted by Crippen LogP contribution is 2.34. The predicted molar refractivity (Wildman–Crippen MR) is 158 cm³/mol. The van der Waals surface area contributed by atoms with E-state index in [1.54, 1.807) is 43.6 Å². The first-order chi connectivity index (χ1) is 20.1. The van der Waals surface area contributed by atoms with Crippen LogP contribution in [-0.2, 0) is 33.8 Å². The number of nitrogens with one attached hydrogen (secondary N) is 3. The molecular formula is C31H32N6O5. The molecule has 0 fully saturated rings. The summed E-state index contributed by atoms with van der Waals surface area (Å²) in [6.07, 6.45) is 2.27. The van der Waals surface area contributed by atoms with Crippen molar-refractivity contribution in [3.05, 3.63) is 94.5 Å². The van der Waals surface area contributed by atoms with Gasteiger partial charge in [-0.2, -0.15) is 5.26 Å². The second-order valence-electron chi connectivity index (χ2n) is 10.2. The van der Waals surface area contributed by atoms with Crippen molar-refractivity contribution >= 4 is 35.2 Å². The molecule has 2 atom stereocenters. The number of aryl methyl sites for hydroxylation is 2. The molecule has 0 saturated carbocycles. The number of benzene rings is 3. The van der Waals surface area contributed by atoms with Crippen LogP contribution in [0.5, 0.6) is 0 Å². The summed E-state index contributed by atoms with van der Waals surface area (Å²) >= 11 is 0. The van der Waals surface area contributed by atoms with Gasteiger partial charge < -0.3 is 26.2 Å². The number of carbonyl (C=O) groups excluding carboxylic acids is 1. The number of hydrogen-bond acceptors (Lipinski definition) is 6. The van der Waals surface area contributed by atoms with Crippen molar-refractivity contribution in [2.75, 3.05) is 17.7 Å². The number of guanidine groups is 1. The molecule has 4 rings (SSSR count). The standard InChI is InChI=1S/C31H32N6O5/c1-19-3-10-23(11-4-19)34-31(33-18-32)35-24-12-13-25-22(16-24)17-37(2)28(25)29(40)36-26(30(41)42)15-21-7-5-20(6-8-21)9-14-27(38)39/h3-8,10-13,16,26,28H,9,14-15,17H2,1-2H3,(H,36,40)(H,38,39)(H,41,42)(H2,33,34,35). The van der Waals surface area contributed by atoms with E-state index in [9.17, 15) is 19.5 Å². The van der Waals surface area contributed by atoms with Gasteiger partial charge in [0.05, 0.1) is 0 Å². The predicted octanol–water partition coefficient (Wildman–Crippen LogP) is 3.67. The van der Waals surface area contributed by atoms with Gasteiger partial charge in [-0.15, -0.1) is 4.99 Å². The van der Waals surface area contributed by atoms with Crippen molar-refractivity contribution in [3.8, 4) is 6.19 Å². The van der Waals surface area contributed by atoms with E-state index in [2.05, 4.69) is 20.9 Å². The molecule has 3 aromatic carbocycles. The maximum atomic E-state index is 13.3. The highest BCUT2D eigenvalue weighted by atomic mass is 16.4. The normalized spacial score (nSPS) is 15.3. The number of nitrogens with zero attached hydrogens (tertiary/aromatic N) is 3. The zero-order valence-electron chi connectivity index (χ0n) is 23.3. The molecule has 2 unspecified atom stereocenters. The minimum Gasteiger partial charge on any atom is -0.481 e. The van der Waals surface area contributed by atoms with E-state index in [4.69, 9.17) is 10.4 Å². The number of anilines is 2. The van der Waals surface area contributed by atoms with Gasteiger partial charge in [0.25, 0.3) is 0 Å². The van der Waals surface area contributed by atoms with Crippen molar-refractivity contribution in [3.63, 3.8) is 0 Å². The second-order valence-corrected chi connectivity index (χ2v) is 10.2. The third-order valence-electron chi connectivity index (χ3n) is 6.99. The zero-order valence-corrected chi connectivity index (χ0v) is 23.3. The third kappa shape index (κ3) is 7.71. The number of hydrogen-bond donors (Lipinski definition) is 5. The molecular weight excluding hydrogens is 536 g/mol. The molecule has 1 aliphatic rings. The molecule has 11 heteroatoms. The molecule has 3 aromatic rings. The fraction of sp³-hybridized carbons (Fsp3) is 0.258. The Morgan fingerprint density at radius 1 is 1.00 bits per heavy atom. The van der Waals surface area contributed by atoms with Crippen LogP contribution in [0.1, 0.15) is 40.3 Å². The van der Waals surface area contributed by atoms with E-state index >= 15 is 0 Å². The summed E-state index contributed by atoms with van der Waals surface area (Å²) in [4.78, 5) is 41.9. The number of rotatable bonds is 10. The number of nitriles is 1. The first kappa shape index (κ1) is 29.8. The van der Waals surface area contributed by atoms with Gasteiger partial charge in [0.15, 0.2) is 0 Å². The Morgan fingerprint density at radius 3 is 2.29 bits per heavy atom. The van der Waals surface area contributed by atoms with Crippen LogP contribution in [0.4, 0.5) is 11.4 Å². The molecule has 0 bridgehead atoms. The average molecular weight is 569 g/mol. The SMILES string of the molecule is Cc1ccc(NC(=NC#N)Nc2ccc3c(c2)CN(C)C3C(=O)NC(Cc2ccc(CCC(=O)O)cc2)C(=O)O)cc1. The fourth-order valence-electron chi connectivity index (χ4n) is 4.85. The number of carboxylic acids is 2. The van der Waals surface area contributed by atoms with Gasteiger partial charge in [-0.25, -0.2) is 4.79 Å². The number of amides is 1. The summed E-state index contributed by atoms with van der Waals surface area (Å²) in [6, 6.07) is 18.4. The fourth-order valence-corrected chi connectivity index (χ4v) is 4.85. The van der Waals surface area contributed by atoms with Gasteiger partial charge in [-0.1, -0.05) is 48.0 Å². The molecule has 1 heterocycles. The van der Waals surface area contributed by atoms with Gasteiger partial charge in [-0.3, -0.25) is 14.5 Å². The zero-order chi connectivity index (χ0) is 30.2. The molecule has 0 radical (unpaired) electrons. The minimum atomic E-state index is -1.15. The Balaban J connectivity index is 1.43. The van der Waals surface area contributed by atoms with Gasteiger partial charge in [0, 0.05) is 30.8 Å². The lowest BCUT2D eigenvalue weighted by Gasteiger charge is -2.23. The first-order valence-electron chi connectivity index (χ1n) is 13.4. The number of likely N-dealkylation sites (N-methyl/N-ethyl adjacent to an activating group) is 1. The summed E-state index contributed by atoms with van der Waals surface area (Å²) in [5.74, 6) is -2.20. The third-order valence-corrected chi connectivity index (χ3v) is 6.99. The molecule has 0 spiro atoms. The van der Waals surface area contributed by atoms with Gasteiger partial charge in [0.2, 0.25) is 18.1 Å². The lowest BCUT2D eigenvalue weighted by atomic mass is 10.0. The van der Waals surface area contributed by atoms with Crippen LogP contribution < -0.4 is 16.0 Å². The Kier molecular flexibility index (Phi) is 9.52. The second kappa shape index (κ2) is 13.4. The van der Waals surface area contributed by atoms with Crippen LogP contribution in [0.15, 0.2) is 71.7 Å². The van der Waals surface area contributed by atoms with Crippen LogP contribution in [0.3, 0.4) is 0 Å². The van der Waals surface area contributed by atoms with Crippen LogP contribution in [0.25, 0.3) is 0 Å². The van der Waals surface area contributed by atoms with E-state index in [0.29, 0.717) is 24.2 Å². The average Bonchev–Trinajstić information content (AvgIpc) is 3.28. The summed E-state index contributed by atoms with van der Waals surface area (Å²) in [7, 11) is 1.80. The number of aliphatic carboxylic acids is 2. The Morgan fingerprint density at radius 2 is 1.64 bits per heavy atom. The molecule has 11 nitrogen and oxygen atoms in total. The Bertz CT molecular complexity index is 1530. The number of carboxylic acid groups (broad SMARTS) is 2. The van der Waals surface area contributed by atoms with E-state index in [-0.39, 0.29) is 18.8 Å². The van der Waals surface area contributed by atoms with E-state index < -0.39 is 29.9 Å². The maximum Gasteiger partial charge on any atom is 0.326 e. The van der Waals surface area contributed by atoms with E-state index in [1.807, 2.05) is 48.2 Å². The molecule has 5 N–H and O–H groups in total. The largest absolute Gasteiger partial charge is 0.481 e. The summed E-state index contributed by atoms with van der Waals surface area (Å²) < 4.78 is 0. The van der Waals surface area contributed by atoms with Crippen LogP contribution in [0.2, 0.25) is 0 Å². The molecule has 0 aromatic heterocycles. The minimum absolute atomic E-state index is 0.0139. The summed E-state index contributed by atoms with van der Waals surface area (Å²) in [5, 5.41) is 36.7. The number of carbonyl (C=O) groups is 3. The number of fused-ring (bicyclic) bond motifs is 1. The molecule has 0 saturated heterocycles. The van der Waals surface area contributed by atoms with Gasteiger partial charge >= 0.3 is 11.9 Å². The van der Waals surface area contributed by atoms with Crippen molar-refractivity contribution in [1.29, 1.82) is 5.26 Å². The Hall–Kier alpha value is -5.21. The van der Waals surface area contributed by atoms with E-state index in [0.717, 1.165) is 27.9 Å². The molecule has 216 valence electrons. The maximum absolute atomic E-state index is 13.3. The highest BCUT2D eigenvalue weighted by Gasteiger charge is 2.35. The van der Waals surface area contributed by atoms with Crippen LogP contribution >= 0.6 is 0 Å². The molecule has 42 heavy (non-hydrogen) atoms. The quantitative estimate of drug-likeness (QED) is 0.139. The van der Waals surface area contributed by atoms with Crippen molar-refractivity contribution in [2.24, 2.45) is 4.99 Å². The van der Waals surface area contributed by atoms with Crippen LogP contribution in [0, 0.1) is 18.4 Å². The highest BCUT2D eigenvalue weighted by molar-refractivity contribution is 6.04. The van der Waals surface area contributed by atoms with Crippen molar-refractivity contribution in [1.82, 2.24) is 10.2 Å². The first-order valence-corrected chi connectivity index (χ1v) is 13.4. The molecule has 1 amide bonds. The van der Waals surface area contributed by atoms with Gasteiger partial charge in [-0.05, 0) is 66.9 Å². The summed E-state index contributed by atoms with van der Waals surface area (Å²) in [6.45, 7) is 2.45. The topological polar surface area (TPSA) is 167 Å². The lowest BCUT2D eigenvalue weighted by molar-refractivity contribution is -0.142. The van der Waals surface area contributed by atoms with Crippen molar-refractivity contribution in [2.45, 2.75) is 44.8 Å². The van der Waals surface area contributed by atoms with Gasteiger partial charge in [0.1, 0.15) is 12.1 Å². The lowest BCUT2D eigenvalue weighted by Crippen LogP contribution is -2.46. The van der Waals surface area contributed by atoms with Crippen molar-refractivity contribution < 1.29 is 24.6 Å². The Labute approximate surface area is 243 Å². The van der Waals surface area contributed by atoms with E-state index in [1.165, 1.54) is 0 Å².